The van der Waals surface area contributed by atoms with E-state index in [0.29, 0.717) is 21.9 Å². The predicted octanol–water partition coefficient (Wildman–Crippen LogP) is 5.87. The lowest BCUT2D eigenvalue weighted by Crippen LogP contribution is -2.27. The van der Waals surface area contributed by atoms with Crippen LogP contribution < -0.4 is 10.1 Å². The number of nitrogens with one attached hydrogen (secondary N) is 1. The number of carbonyl (C=O) groups excluding carboxylic acids is 3. The third-order valence-corrected chi connectivity index (χ3v) is 6.56. The molecule has 0 radical (unpaired) electrons. The number of thioether (sulfide) groups is 1. The molecule has 178 valence electrons. The summed E-state index contributed by atoms with van der Waals surface area (Å²) >= 11 is 0.901. The number of aryl methyl sites for hydroxylation is 3. The Labute approximate surface area is 209 Å². The molecule has 0 bridgehead atoms. The molecule has 0 unspecified atom stereocenters. The van der Waals surface area contributed by atoms with Gasteiger partial charge in [-0.2, -0.15) is 0 Å². The maximum absolute atomic E-state index is 13.0. The number of hydrogen-bond donors (Lipinski definition) is 1. The summed E-state index contributed by atoms with van der Waals surface area (Å²) in [5, 5.41) is 2.52. The van der Waals surface area contributed by atoms with Crippen molar-refractivity contribution in [1.82, 2.24) is 4.90 Å². The minimum absolute atomic E-state index is 0.188. The van der Waals surface area contributed by atoms with Crippen LogP contribution in [0.1, 0.15) is 27.8 Å². The van der Waals surface area contributed by atoms with E-state index in [-0.39, 0.29) is 30.2 Å². The topological polar surface area (TPSA) is 75.7 Å². The van der Waals surface area contributed by atoms with Gasteiger partial charge in [0, 0.05) is 11.3 Å². The highest BCUT2D eigenvalue weighted by Gasteiger charge is 2.35. The fourth-order valence-electron chi connectivity index (χ4n) is 3.66. The van der Waals surface area contributed by atoms with Gasteiger partial charge in [-0.15, -0.1) is 0 Å². The Balaban J connectivity index is 1.44. The largest absolute Gasteiger partial charge is 0.483 e. The third kappa shape index (κ3) is 6.00. The number of amides is 3. The van der Waals surface area contributed by atoms with Crippen molar-refractivity contribution >= 4 is 40.6 Å². The van der Waals surface area contributed by atoms with Crippen LogP contribution in [0.25, 0.3) is 6.08 Å². The summed E-state index contributed by atoms with van der Waals surface area (Å²) in [6.45, 7) is 6.00. The molecule has 6 nitrogen and oxygen atoms in total. The van der Waals surface area contributed by atoms with Crippen molar-refractivity contribution < 1.29 is 19.1 Å². The van der Waals surface area contributed by atoms with Gasteiger partial charge in [0.05, 0.1) is 11.4 Å². The molecule has 1 saturated heterocycles. The van der Waals surface area contributed by atoms with Gasteiger partial charge in [0.25, 0.3) is 17.1 Å². The second kappa shape index (κ2) is 10.6. The van der Waals surface area contributed by atoms with E-state index < -0.39 is 0 Å². The van der Waals surface area contributed by atoms with E-state index in [1.807, 2.05) is 69.3 Å². The summed E-state index contributed by atoms with van der Waals surface area (Å²) in [6, 6.07) is 20.5. The molecule has 3 aromatic carbocycles. The van der Waals surface area contributed by atoms with Crippen molar-refractivity contribution in [2.45, 2.75) is 27.3 Å². The van der Waals surface area contributed by atoms with Gasteiger partial charge in [-0.05, 0) is 73.5 Å². The molecular formula is C28H26N2O4S. The van der Waals surface area contributed by atoms with E-state index in [0.717, 1.165) is 34.0 Å². The zero-order chi connectivity index (χ0) is 24.9. The Bertz CT molecular complexity index is 1330. The van der Waals surface area contributed by atoms with Crippen molar-refractivity contribution in [3.05, 3.63) is 99.5 Å². The molecular weight excluding hydrogens is 460 g/mol. The van der Waals surface area contributed by atoms with Crippen LogP contribution >= 0.6 is 11.8 Å². The SMILES string of the molecule is Cc1cccc(CN2C(=O)S/C(=C\c3ccccc3OCC(=O)Nc3ccc(C)c(C)c3)C2=O)c1. The zero-order valence-corrected chi connectivity index (χ0v) is 20.6. The Morgan fingerprint density at radius 1 is 0.971 bits per heavy atom. The molecule has 1 N–H and O–H groups in total. The molecule has 1 aliphatic rings. The number of para-hydroxylation sites is 1. The quantitative estimate of drug-likeness (QED) is 0.423. The Hall–Kier alpha value is -3.84. The number of anilines is 1. The van der Waals surface area contributed by atoms with Crippen LogP contribution in [0.4, 0.5) is 10.5 Å². The number of hydrogen-bond acceptors (Lipinski definition) is 5. The van der Waals surface area contributed by atoms with Gasteiger partial charge in [0.1, 0.15) is 5.75 Å². The fraction of sp³-hybridized carbons (Fsp3) is 0.179. The molecule has 0 aliphatic carbocycles. The van der Waals surface area contributed by atoms with Crippen molar-refractivity contribution in [3.8, 4) is 5.75 Å². The minimum Gasteiger partial charge on any atom is -0.483 e. The average Bonchev–Trinajstić information content (AvgIpc) is 3.08. The molecule has 7 heteroatoms. The molecule has 0 atom stereocenters. The summed E-state index contributed by atoms with van der Waals surface area (Å²) in [4.78, 5) is 39.5. The number of benzene rings is 3. The molecule has 0 spiro atoms. The third-order valence-electron chi connectivity index (χ3n) is 5.65. The first kappa shape index (κ1) is 24.3. The summed E-state index contributed by atoms with van der Waals surface area (Å²) in [6.07, 6.45) is 1.64. The van der Waals surface area contributed by atoms with E-state index in [2.05, 4.69) is 5.32 Å². The highest BCUT2D eigenvalue weighted by Crippen LogP contribution is 2.35. The second-order valence-corrected chi connectivity index (χ2v) is 9.42. The molecule has 1 aliphatic heterocycles. The van der Waals surface area contributed by atoms with Crippen LogP contribution in [0, 0.1) is 20.8 Å². The zero-order valence-electron chi connectivity index (χ0n) is 19.8. The molecule has 3 aromatic rings. The number of ether oxygens (including phenoxy) is 1. The van der Waals surface area contributed by atoms with E-state index in [1.165, 1.54) is 4.90 Å². The van der Waals surface area contributed by atoms with Gasteiger partial charge in [-0.1, -0.05) is 54.1 Å². The van der Waals surface area contributed by atoms with Gasteiger partial charge in [-0.3, -0.25) is 19.3 Å². The standard InChI is InChI=1S/C28H26N2O4S/c1-18-7-6-8-21(13-18)16-30-27(32)25(35-28(30)33)15-22-9-4-5-10-24(22)34-17-26(31)29-23-12-11-19(2)20(3)14-23/h4-15H,16-17H2,1-3H3,(H,29,31)/b25-15-. The van der Waals surface area contributed by atoms with Crippen molar-refractivity contribution in [3.63, 3.8) is 0 Å². The van der Waals surface area contributed by atoms with Crippen LogP contribution in [0.5, 0.6) is 5.75 Å². The van der Waals surface area contributed by atoms with Crippen molar-refractivity contribution in [2.75, 3.05) is 11.9 Å². The van der Waals surface area contributed by atoms with Gasteiger partial charge in [0.2, 0.25) is 0 Å². The fourth-order valence-corrected chi connectivity index (χ4v) is 4.49. The highest BCUT2D eigenvalue weighted by atomic mass is 32.2. The molecule has 1 heterocycles. The van der Waals surface area contributed by atoms with Crippen LogP contribution in [-0.2, 0) is 16.1 Å². The van der Waals surface area contributed by atoms with Crippen LogP contribution in [0.15, 0.2) is 71.6 Å². The minimum atomic E-state index is -0.344. The first-order chi connectivity index (χ1) is 16.8. The van der Waals surface area contributed by atoms with Crippen LogP contribution in [0.3, 0.4) is 0 Å². The van der Waals surface area contributed by atoms with E-state index in [1.54, 1.807) is 24.3 Å². The summed E-state index contributed by atoms with van der Waals surface area (Å²) in [5.74, 6) is -0.182. The smallest absolute Gasteiger partial charge is 0.293 e. The molecule has 4 rings (SSSR count). The van der Waals surface area contributed by atoms with Crippen LogP contribution in [-0.4, -0.2) is 28.6 Å². The normalized spacial score (nSPS) is 14.5. The Morgan fingerprint density at radius 2 is 1.77 bits per heavy atom. The number of carbonyl (C=O) groups is 3. The summed E-state index contributed by atoms with van der Waals surface area (Å²) in [5.41, 5.74) is 5.52. The summed E-state index contributed by atoms with van der Waals surface area (Å²) < 4.78 is 5.76. The maximum Gasteiger partial charge on any atom is 0.293 e. The van der Waals surface area contributed by atoms with Crippen LogP contribution in [0.2, 0.25) is 0 Å². The molecule has 0 saturated carbocycles. The van der Waals surface area contributed by atoms with Gasteiger partial charge in [-0.25, -0.2) is 0 Å². The van der Waals surface area contributed by atoms with E-state index in [9.17, 15) is 14.4 Å². The van der Waals surface area contributed by atoms with Crippen molar-refractivity contribution in [2.24, 2.45) is 0 Å². The molecule has 3 amide bonds. The lowest BCUT2D eigenvalue weighted by atomic mass is 10.1. The lowest BCUT2D eigenvalue weighted by molar-refractivity contribution is -0.123. The first-order valence-electron chi connectivity index (χ1n) is 11.2. The van der Waals surface area contributed by atoms with E-state index >= 15 is 0 Å². The Morgan fingerprint density at radius 3 is 2.54 bits per heavy atom. The lowest BCUT2D eigenvalue weighted by Gasteiger charge is -2.13. The number of nitrogens with zero attached hydrogens (tertiary/aromatic N) is 1. The maximum atomic E-state index is 13.0. The van der Waals surface area contributed by atoms with Gasteiger partial charge >= 0.3 is 0 Å². The first-order valence-corrected chi connectivity index (χ1v) is 12.0. The molecule has 1 fully saturated rings. The van der Waals surface area contributed by atoms with Crippen molar-refractivity contribution in [1.29, 1.82) is 0 Å². The van der Waals surface area contributed by atoms with Gasteiger partial charge in [0.15, 0.2) is 6.61 Å². The second-order valence-electron chi connectivity index (χ2n) is 8.43. The summed E-state index contributed by atoms with van der Waals surface area (Å²) in [7, 11) is 0. The Kier molecular flexibility index (Phi) is 7.36. The highest BCUT2D eigenvalue weighted by molar-refractivity contribution is 8.18. The van der Waals surface area contributed by atoms with Gasteiger partial charge < -0.3 is 10.1 Å². The predicted molar refractivity (Wildman–Crippen MR) is 139 cm³/mol. The molecule has 0 aromatic heterocycles. The number of imide groups is 1. The molecule has 35 heavy (non-hydrogen) atoms. The van der Waals surface area contributed by atoms with E-state index in [4.69, 9.17) is 4.74 Å². The average molecular weight is 487 g/mol. The number of rotatable bonds is 7. The monoisotopic (exact) mass is 486 g/mol.